The van der Waals surface area contributed by atoms with Crippen LogP contribution in [0.4, 0.5) is 20.2 Å². The van der Waals surface area contributed by atoms with Crippen LogP contribution in [0.25, 0.3) is 21.3 Å². The third-order valence-corrected chi connectivity index (χ3v) is 14.3. The van der Waals surface area contributed by atoms with Crippen LogP contribution in [-0.4, -0.2) is 114 Å². The van der Waals surface area contributed by atoms with E-state index in [1.54, 1.807) is 35.0 Å². The second-order valence-corrected chi connectivity index (χ2v) is 21.0. The number of likely N-dealkylation sites (tertiary alicyclic amines) is 1. The number of hydrogen-bond donors (Lipinski definition) is 5. The van der Waals surface area contributed by atoms with Gasteiger partial charge in [0, 0.05) is 74.0 Å². The number of aliphatic hydroxyl groups excluding tert-OH is 1. The lowest BCUT2D eigenvalue weighted by molar-refractivity contribution is -0.144. The van der Waals surface area contributed by atoms with E-state index in [9.17, 15) is 33.5 Å². The van der Waals surface area contributed by atoms with Crippen molar-refractivity contribution in [3.63, 3.8) is 0 Å². The average molecular weight is 1090 g/mol. The molecule has 3 heterocycles. The van der Waals surface area contributed by atoms with Crippen molar-refractivity contribution in [2.45, 2.75) is 84.5 Å². The first-order valence-electron chi connectivity index (χ1n) is 25.6. The number of carbonyl (C=O) groups is 5. The molecule has 0 spiro atoms. The Morgan fingerprint density at radius 2 is 1.53 bits per heavy atom. The number of thiazole rings is 1. The zero-order chi connectivity index (χ0) is 55.6. The predicted molar refractivity (Wildman–Crippen MR) is 288 cm³/mol. The zero-order valence-electron chi connectivity index (χ0n) is 44.0. The maximum Gasteiger partial charge on any atom is 0.246 e. The van der Waals surface area contributed by atoms with Gasteiger partial charge in [0.15, 0.2) is 23.1 Å². The summed E-state index contributed by atoms with van der Waals surface area (Å²) in [6, 6.07) is 20.0. The van der Waals surface area contributed by atoms with Crippen LogP contribution in [-0.2, 0) is 40.0 Å². The number of β-amino-alcohol motifs (C(OH)–C–C–N with tert-alkyl or cyclic N) is 1. The Morgan fingerprint density at radius 3 is 2.19 bits per heavy atom. The smallest absolute Gasteiger partial charge is 0.246 e. The number of carbonyl (C=O) groups excluding carboxylic acids is 5. The van der Waals surface area contributed by atoms with Gasteiger partial charge in [-0.25, -0.2) is 13.8 Å². The van der Waals surface area contributed by atoms with Crippen LogP contribution in [0.15, 0.2) is 96.6 Å². The molecular formula is C57H63F2N7O11S. The van der Waals surface area contributed by atoms with Crippen LogP contribution < -0.4 is 35.5 Å². The van der Waals surface area contributed by atoms with Gasteiger partial charge in [0.05, 0.1) is 61.2 Å². The van der Waals surface area contributed by atoms with Gasteiger partial charge in [0.2, 0.25) is 29.5 Å². The number of hydrogen-bond acceptors (Lipinski definition) is 14. The van der Waals surface area contributed by atoms with E-state index in [-0.39, 0.29) is 75.5 Å². The van der Waals surface area contributed by atoms with Gasteiger partial charge >= 0.3 is 0 Å². The highest BCUT2D eigenvalue weighted by Crippen LogP contribution is 2.48. The van der Waals surface area contributed by atoms with Gasteiger partial charge in [-0.15, -0.1) is 11.3 Å². The molecule has 4 aromatic carbocycles. The summed E-state index contributed by atoms with van der Waals surface area (Å²) in [5.74, 6) is -2.63. The number of rotatable bonds is 24. The maximum atomic E-state index is 15.5. The molecule has 2 fully saturated rings. The summed E-state index contributed by atoms with van der Waals surface area (Å²) in [5.41, 5.74) is 3.60. The molecule has 412 valence electrons. The summed E-state index contributed by atoms with van der Waals surface area (Å²) in [4.78, 5) is 78.0. The highest BCUT2D eigenvalue weighted by molar-refractivity contribution is 7.13. The number of amides is 5. The summed E-state index contributed by atoms with van der Waals surface area (Å²) >= 11 is 1.56. The third kappa shape index (κ3) is 14.1. The highest BCUT2D eigenvalue weighted by atomic mass is 32.1. The van der Waals surface area contributed by atoms with Crippen molar-refractivity contribution in [3.05, 3.63) is 120 Å². The van der Waals surface area contributed by atoms with Gasteiger partial charge < -0.3 is 55.0 Å². The van der Waals surface area contributed by atoms with Crippen molar-refractivity contribution in [2.24, 2.45) is 10.8 Å². The Morgan fingerprint density at radius 1 is 0.821 bits per heavy atom. The van der Waals surface area contributed by atoms with E-state index in [1.807, 2.05) is 52.0 Å². The topological polar surface area (TPSA) is 229 Å². The van der Waals surface area contributed by atoms with Crippen molar-refractivity contribution < 1.29 is 61.5 Å². The quantitative estimate of drug-likeness (QED) is 0.0285. The minimum Gasteiger partial charge on any atom is -0.493 e. The Labute approximate surface area is 454 Å². The molecule has 1 saturated heterocycles. The molecule has 3 atom stereocenters. The first-order chi connectivity index (χ1) is 37.4. The number of fused-ring (bicyclic) bond motifs is 1. The molecule has 2 aliphatic rings. The van der Waals surface area contributed by atoms with Gasteiger partial charge in [-0.1, -0.05) is 45.0 Å². The van der Waals surface area contributed by atoms with Crippen LogP contribution in [0.5, 0.6) is 23.0 Å². The fourth-order valence-corrected chi connectivity index (χ4v) is 9.64. The molecule has 1 aliphatic heterocycles. The van der Waals surface area contributed by atoms with Gasteiger partial charge in [0.25, 0.3) is 0 Å². The fourth-order valence-electron chi connectivity index (χ4n) is 8.83. The normalized spacial score (nSPS) is 16.0. The van der Waals surface area contributed by atoms with Crippen LogP contribution in [0, 0.1) is 29.4 Å². The van der Waals surface area contributed by atoms with E-state index in [0.29, 0.717) is 54.0 Å². The number of halogens is 2. The molecule has 2 aromatic heterocycles. The van der Waals surface area contributed by atoms with Gasteiger partial charge in [-0.2, -0.15) is 0 Å². The van der Waals surface area contributed by atoms with Crippen LogP contribution in [0.3, 0.4) is 0 Å². The third-order valence-electron chi connectivity index (χ3n) is 13.4. The molecule has 1 saturated carbocycles. The standard InChI is InChI=1S/C57H63F2N7O11S/c1-34-50(78-33-62-34)36-9-7-35(8-10-36)31-61-52(69)44-28-40(67)32-66(44)53(70)51(56(2,3)4)65-49(68)18-24-75-26-25-74-22-6-23-76-48-30-43-41(29-47(48)73-5)45(17-21-60-43)77-46-16-15-39(27-42(46)59)64-55(72)57(19-20-57)54(71)63-38-13-11-37(58)12-14-38/h7-17,21,27,29-30,33,40,44,51,67H,6,18-20,22-26,28,31-32H2,1-5H3,(H,61,69)(H,63,71)(H,64,72)(H,65,68). The van der Waals surface area contributed by atoms with Crippen molar-refractivity contribution >= 4 is 63.2 Å². The molecule has 1 aliphatic carbocycles. The van der Waals surface area contributed by atoms with E-state index < -0.39 is 64.3 Å². The number of anilines is 2. The van der Waals surface area contributed by atoms with Crippen LogP contribution in [0.1, 0.15) is 64.1 Å². The number of aliphatic hydroxyl groups is 1. The first kappa shape index (κ1) is 56.6. The monoisotopic (exact) mass is 1090 g/mol. The molecule has 18 nitrogen and oxygen atoms in total. The lowest BCUT2D eigenvalue weighted by Gasteiger charge is -2.35. The molecule has 8 rings (SSSR count). The van der Waals surface area contributed by atoms with E-state index in [4.69, 9.17) is 23.7 Å². The van der Waals surface area contributed by atoms with Crippen LogP contribution in [0.2, 0.25) is 0 Å². The van der Waals surface area contributed by atoms with E-state index in [0.717, 1.165) is 27.8 Å². The van der Waals surface area contributed by atoms with Crippen LogP contribution >= 0.6 is 11.3 Å². The van der Waals surface area contributed by atoms with Gasteiger partial charge in [0.1, 0.15) is 29.1 Å². The molecule has 78 heavy (non-hydrogen) atoms. The summed E-state index contributed by atoms with van der Waals surface area (Å²) < 4.78 is 57.8. The number of benzene rings is 4. The minimum atomic E-state index is -1.33. The van der Waals surface area contributed by atoms with Crippen molar-refractivity contribution in [1.82, 2.24) is 25.5 Å². The molecule has 21 heteroatoms. The Bertz CT molecular complexity index is 3110. The molecule has 6 aromatic rings. The number of methoxy groups -OCH3 is 1. The lowest BCUT2D eigenvalue weighted by Crippen LogP contribution is -2.57. The second kappa shape index (κ2) is 25.3. The van der Waals surface area contributed by atoms with E-state index >= 15 is 4.39 Å². The number of nitrogens with one attached hydrogen (secondary N) is 4. The predicted octanol–water partition coefficient (Wildman–Crippen LogP) is 8.10. The Balaban J connectivity index is 0.735. The molecule has 0 radical (unpaired) electrons. The molecule has 5 amide bonds. The van der Waals surface area contributed by atoms with Gasteiger partial charge in [-0.05, 0) is 84.8 Å². The highest BCUT2D eigenvalue weighted by Gasteiger charge is 2.56. The minimum absolute atomic E-state index is 0.0180. The number of ether oxygens (including phenoxy) is 5. The summed E-state index contributed by atoms with van der Waals surface area (Å²) in [6.07, 6.45) is 1.80. The SMILES string of the molecule is COc1cc2c(Oc3ccc(NC(=O)C4(C(=O)Nc5ccc(F)cc5)CC4)cc3F)ccnc2cc1OCCCOCCOCCC(=O)NC(C(=O)N1CC(O)CC1C(=O)NCc1ccc(-c2scnc2C)cc1)C(C)(C)C. The van der Waals surface area contributed by atoms with E-state index in [2.05, 4.69) is 31.2 Å². The number of pyridine rings is 1. The van der Waals surface area contributed by atoms with Crippen molar-refractivity contribution in [1.29, 1.82) is 0 Å². The Kier molecular flexibility index (Phi) is 18.3. The van der Waals surface area contributed by atoms with Crippen molar-refractivity contribution in [3.8, 4) is 33.4 Å². The van der Waals surface area contributed by atoms with Gasteiger partial charge in [-0.3, -0.25) is 29.0 Å². The first-order valence-corrected chi connectivity index (χ1v) is 26.5. The fraction of sp³-hybridized carbons (Fsp3) is 0.386. The second-order valence-electron chi connectivity index (χ2n) is 20.2. The van der Waals surface area contributed by atoms with E-state index in [1.165, 1.54) is 54.6 Å². The summed E-state index contributed by atoms with van der Waals surface area (Å²) in [7, 11) is 1.48. The number of aromatic nitrogens is 2. The number of nitrogens with zero attached hydrogens (tertiary/aromatic N) is 3. The molecule has 5 N–H and O–H groups in total. The molecule has 0 bridgehead atoms. The largest absolute Gasteiger partial charge is 0.493 e. The summed E-state index contributed by atoms with van der Waals surface area (Å²) in [5, 5.41) is 22.1. The van der Waals surface area contributed by atoms with Crippen molar-refractivity contribution in [2.75, 3.05) is 57.3 Å². The number of aryl methyl sites for hydroxylation is 1. The lowest BCUT2D eigenvalue weighted by atomic mass is 9.85. The average Bonchev–Trinajstić information content (AvgIpc) is 4.04. The molecule has 3 unspecified atom stereocenters. The molecular weight excluding hydrogens is 1030 g/mol. The summed E-state index contributed by atoms with van der Waals surface area (Å²) in [6.45, 7) is 8.81. The Hall–Kier alpha value is -7.59. The maximum absolute atomic E-state index is 15.5. The zero-order valence-corrected chi connectivity index (χ0v) is 44.8.